The molecule has 0 saturated carbocycles. The second-order valence-electron chi connectivity index (χ2n) is 5.28. The van der Waals surface area contributed by atoms with Crippen LogP contribution in [0.2, 0.25) is 0 Å². The molecular formula is C17H14F2N2OS2. The number of hydrogen-bond donors (Lipinski definition) is 1. The van der Waals surface area contributed by atoms with E-state index in [2.05, 4.69) is 10.3 Å². The molecule has 0 aliphatic carbocycles. The molecule has 1 aromatic carbocycles. The Labute approximate surface area is 146 Å². The van der Waals surface area contributed by atoms with Gasteiger partial charge in [-0.2, -0.15) is 0 Å². The Hall–Kier alpha value is -2.12. The molecule has 0 aliphatic heterocycles. The molecular weight excluding hydrogens is 350 g/mol. The van der Waals surface area contributed by atoms with Gasteiger partial charge in [0.25, 0.3) is 5.91 Å². The normalized spacial score (nSPS) is 12.2. The van der Waals surface area contributed by atoms with Crippen LogP contribution in [-0.4, -0.2) is 10.9 Å². The molecule has 3 nitrogen and oxygen atoms in total. The van der Waals surface area contributed by atoms with Crippen LogP contribution in [-0.2, 0) is 0 Å². The molecule has 2 aromatic heterocycles. The Kier molecular flexibility index (Phi) is 4.73. The van der Waals surface area contributed by atoms with Crippen molar-refractivity contribution in [1.29, 1.82) is 0 Å². The molecule has 0 aliphatic rings. The van der Waals surface area contributed by atoms with Crippen molar-refractivity contribution < 1.29 is 13.6 Å². The van der Waals surface area contributed by atoms with Gasteiger partial charge in [0.05, 0.1) is 16.6 Å². The molecule has 0 spiro atoms. The number of hydrogen-bond acceptors (Lipinski definition) is 4. The van der Waals surface area contributed by atoms with E-state index in [9.17, 15) is 13.6 Å². The fourth-order valence-electron chi connectivity index (χ4n) is 2.24. The van der Waals surface area contributed by atoms with Crippen LogP contribution in [0.5, 0.6) is 0 Å². The van der Waals surface area contributed by atoms with Gasteiger partial charge in [-0.1, -0.05) is 12.1 Å². The van der Waals surface area contributed by atoms with E-state index in [-0.39, 0.29) is 5.91 Å². The van der Waals surface area contributed by atoms with E-state index >= 15 is 0 Å². The van der Waals surface area contributed by atoms with Crippen LogP contribution >= 0.6 is 22.7 Å². The van der Waals surface area contributed by atoms with Crippen molar-refractivity contribution in [2.45, 2.75) is 19.9 Å². The number of carbonyl (C=O) groups is 1. The van der Waals surface area contributed by atoms with Gasteiger partial charge in [0.2, 0.25) is 0 Å². The molecule has 3 rings (SSSR count). The molecule has 1 N–H and O–H groups in total. The first kappa shape index (κ1) is 16.7. The highest BCUT2D eigenvalue weighted by Crippen LogP contribution is 2.31. The number of thiazole rings is 1. The van der Waals surface area contributed by atoms with E-state index in [4.69, 9.17) is 0 Å². The van der Waals surface area contributed by atoms with E-state index in [1.165, 1.54) is 17.4 Å². The first-order valence-corrected chi connectivity index (χ1v) is 8.92. The lowest BCUT2D eigenvalue weighted by molar-refractivity contribution is 0.0943. The van der Waals surface area contributed by atoms with E-state index in [0.29, 0.717) is 16.1 Å². The first-order chi connectivity index (χ1) is 11.5. The van der Waals surface area contributed by atoms with Crippen LogP contribution in [0, 0.1) is 18.6 Å². The molecule has 0 saturated heterocycles. The summed E-state index contributed by atoms with van der Waals surface area (Å²) in [4.78, 5) is 18.4. The lowest BCUT2D eigenvalue weighted by Gasteiger charge is -2.14. The van der Waals surface area contributed by atoms with E-state index < -0.39 is 17.7 Å². The molecule has 1 amide bonds. The number of rotatable bonds is 4. The maximum absolute atomic E-state index is 13.3. The van der Waals surface area contributed by atoms with Gasteiger partial charge < -0.3 is 5.32 Å². The predicted molar refractivity (Wildman–Crippen MR) is 92.4 cm³/mol. The fourth-order valence-corrected chi connectivity index (χ4v) is 4.01. The summed E-state index contributed by atoms with van der Waals surface area (Å²) < 4.78 is 26.3. The molecule has 3 aromatic rings. The lowest BCUT2D eigenvalue weighted by Crippen LogP contribution is -2.26. The van der Waals surface area contributed by atoms with Crippen molar-refractivity contribution in [3.63, 3.8) is 0 Å². The number of amides is 1. The molecule has 0 radical (unpaired) electrons. The second-order valence-corrected chi connectivity index (χ2v) is 7.23. The minimum absolute atomic E-state index is 0.273. The van der Waals surface area contributed by atoms with Gasteiger partial charge in [0, 0.05) is 0 Å². The van der Waals surface area contributed by atoms with Crippen molar-refractivity contribution in [1.82, 2.24) is 10.3 Å². The molecule has 0 fully saturated rings. The minimum atomic E-state index is -0.928. The number of halogens is 2. The van der Waals surface area contributed by atoms with Gasteiger partial charge in [0.1, 0.15) is 9.88 Å². The Morgan fingerprint density at radius 3 is 2.71 bits per heavy atom. The zero-order chi connectivity index (χ0) is 17.3. The van der Waals surface area contributed by atoms with E-state index in [1.807, 2.05) is 17.5 Å². The molecule has 1 unspecified atom stereocenters. The Balaban J connectivity index is 1.78. The Morgan fingerprint density at radius 2 is 2.04 bits per heavy atom. The topological polar surface area (TPSA) is 42.0 Å². The number of carbonyl (C=O) groups excluding carboxylic acids is 1. The minimum Gasteiger partial charge on any atom is -0.345 e. The monoisotopic (exact) mass is 364 g/mol. The first-order valence-electron chi connectivity index (χ1n) is 7.23. The van der Waals surface area contributed by atoms with Crippen molar-refractivity contribution in [3.05, 3.63) is 63.5 Å². The second kappa shape index (κ2) is 6.78. The summed E-state index contributed by atoms with van der Waals surface area (Å²) in [5.41, 5.74) is 1.15. The van der Waals surface area contributed by atoms with Gasteiger partial charge >= 0.3 is 0 Å². The molecule has 1 atom stereocenters. The Bertz CT molecular complexity index is 875. The highest BCUT2D eigenvalue weighted by atomic mass is 32.1. The Morgan fingerprint density at radius 1 is 1.25 bits per heavy atom. The number of nitrogens with one attached hydrogen (secondary N) is 1. The zero-order valence-corrected chi connectivity index (χ0v) is 14.6. The number of nitrogens with zero attached hydrogens (tertiary/aromatic N) is 1. The van der Waals surface area contributed by atoms with Crippen LogP contribution in [0.15, 0.2) is 35.7 Å². The average Bonchev–Trinajstić information content (AvgIpc) is 3.19. The number of benzene rings is 1. The number of aromatic nitrogens is 1. The lowest BCUT2D eigenvalue weighted by atomic mass is 10.1. The summed E-state index contributed by atoms with van der Waals surface area (Å²) in [6, 6.07) is 7.05. The number of thiophene rings is 1. The summed E-state index contributed by atoms with van der Waals surface area (Å²) in [7, 11) is 0. The molecule has 2 heterocycles. The van der Waals surface area contributed by atoms with Gasteiger partial charge in [-0.15, -0.1) is 22.7 Å². The zero-order valence-electron chi connectivity index (χ0n) is 13.0. The van der Waals surface area contributed by atoms with Gasteiger partial charge in [0.15, 0.2) is 11.6 Å². The third kappa shape index (κ3) is 3.37. The van der Waals surface area contributed by atoms with E-state index in [1.54, 1.807) is 25.2 Å². The van der Waals surface area contributed by atoms with Crippen LogP contribution < -0.4 is 5.32 Å². The maximum Gasteiger partial charge on any atom is 0.263 e. The third-order valence-corrected chi connectivity index (χ3v) is 5.72. The van der Waals surface area contributed by atoms with Crippen LogP contribution in [0.1, 0.15) is 33.9 Å². The quantitative estimate of drug-likeness (QED) is 0.712. The highest BCUT2D eigenvalue weighted by Gasteiger charge is 2.19. The molecule has 24 heavy (non-hydrogen) atoms. The SMILES string of the molecule is Cc1nc(-c2cccs2)sc1C(=O)NC(C)c1ccc(F)c(F)c1. The summed E-state index contributed by atoms with van der Waals surface area (Å²) in [6.07, 6.45) is 0. The largest absolute Gasteiger partial charge is 0.345 e. The standard InChI is InChI=1S/C17H14F2N2OS2/c1-9(11-5-6-12(18)13(19)8-11)20-16(22)15-10(2)21-17(24-15)14-4-3-7-23-14/h3-9H,1-2H3,(H,20,22). The van der Waals surface area contributed by atoms with Gasteiger partial charge in [-0.3, -0.25) is 4.79 Å². The van der Waals surface area contributed by atoms with Crippen molar-refractivity contribution in [2.24, 2.45) is 0 Å². The third-order valence-electron chi connectivity index (χ3n) is 3.53. The summed E-state index contributed by atoms with van der Waals surface area (Å²) in [5, 5.41) is 5.56. The molecule has 7 heteroatoms. The van der Waals surface area contributed by atoms with Gasteiger partial charge in [-0.05, 0) is 43.0 Å². The van der Waals surface area contributed by atoms with Crippen molar-refractivity contribution in [3.8, 4) is 9.88 Å². The van der Waals surface area contributed by atoms with Crippen LogP contribution in [0.3, 0.4) is 0 Å². The highest BCUT2D eigenvalue weighted by molar-refractivity contribution is 7.22. The summed E-state index contributed by atoms with van der Waals surface area (Å²) >= 11 is 2.88. The van der Waals surface area contributed by atoms with Crippen molar-refractivity contribution >= 4 is 28.6 Å². The summed E-state index contributed by atoms with van der Waals surface area (Å²) in [5.74, 6) is -2.11. The maximum atomic E-state index is 13.3. The smallest absolute Gasteiger partial charge is 0.263 e. The fraction of sp³-hybridized carbons (Fsp3) is 0.176. The summed E-state index contributed by atoms with van der Waals surface area (Å²) in [6.45, 7) is 3.51. The molecule has 124 valence electrons. The predicted octanol–water partition coefficient (Wildman–Crippen LogP) is 4.95. The average molecular weight is 364 g/mol. The number of aryl methyl sites for hydroxylation is 1. The van der Waals surface area contributed by atoms with Gasteiger partial charge in [-0.25, -0.2) is 13.8 Å². The molecule has 0 bridgehead atoms. The van der Waals surface area contributed by atoms with Crippen LogP contribution in [0.25, 0.3) is 9.88 Å². The van der Waals surface area contributed by atoms with Crippen molar-refractivity contribution in [2.75, 3.05) is 0 Å². The van der Waals surface area contributed by atoms with E-state index in [0.717, 1.165) is 22.0 Å². The van der Waals surface area contributed by atoms with Crippen LogP contribution in [0.4, 0.5) is 8.78 Å².